The molecule has 0 radical (unpaired) electrons. The van der Waals surface area contributed by atoms with E-state index in [0.717, 1.165) is 44.0 Å². The summed E-state index contributed by atoms with van der Waals surface area (Å²) in [7, 11) is 0. The molecule has 1 aliphatic heterocycles. The van der Waals surface area contributed by atoms with Gasteiger partial charge in [0.15, 0.2) is 0 Å². The van der Waals surface area contributed by atoms with Gasteiger partial charge in [0, 0.05) is 37.2 Å². The van der Waals surface area contributed by atoms with Gasteiger partial charge in [-0.05, 0) is 30.7 Å². The minimum absolute atomic E-state index is 0.545. The highest BCUT2D eigenvalue weighted by Gasteiger charge is 2.10. The lowest BCUT2D eigenvalue weighted by molar-refractivity contribution is 0.302. The minimum Gasteiger partial charge on any atom is -0.487 e. The summed E-state index contributed by atoms with van der Waals surface area (Å²) < 4.78 is 5.81. The molecule has 0 bridgehead atoms. The van der Waals surface area contributed by atoms with Crippen molar-refractivity contribution >= 4 is 17.0 Å². The van der Waals surface area contributed by atoms with E-state index >= 15 is 0 Å². The Morgan fingerprint density at radius 3 is 2.67 bits per heavy atom. The molecule has 1 saturated heterocycles. The lowest BCUT2D eigenvalue weighted by Crippen LogP contribution is -2.43. The van der Waals surface area contributed by atoms with E-state index in [0.29, 0.717) is 6.61 Å². The van der Waals surface area contributed by atoms with E-state index in [1.54, 1.807) is 11.3 Å². The number of aromatic nitrogens is 1. The van der Waals surface area contributed by atoms with Crippen LogP contribution >= 0.6 is 11.3 Å². The molecule has 5 heteroatoms. The van der Waals surface area contributed by atoms with Crippen LogP contribution in [-0.4, -0.2) is 31.2 Å². The van der Waals surface area contributed by atoms with Gasteiger partial charge in [-0.2, -0.15) is 0 Å². The number of nitrogens with one attached hydrogen (secondary N) is 1. The topological polar surface area (TPSA) is 37.4 Å². The van der Waals surface area contributed by atoms with Gasteiger partial charge in [0.25, 0.3) is 0 Å². The molecule has 0 aliphatic carbocycles. The van der Waals surface area contributed by atoms with E-state index in [4.69, 9.17) is 4.74 Å². The van der Waals surface area contributed by atoms with Crippen molar-refractivity contribution in [1.82, 2.24) is 10.3 Å². The predicted molar refractivity (Wildman–Crippen MR) is 87.3 cm³/mol. The fraction of sp³-hybridized carbons (Fsp3) is 0.438. The Bertz CT molecular complexity index is 561. The van der Waals surface area contributed by atoms with Gasteiger partial charge in [0.1, 0.15) is 12.4 Å². The van der Waals surface area contributed by atoms with Crippen LogP contribution in [0.1, 0.15) is 17.6 Å². The molecule has 0 spiro atoms. The Balaban J connectivity index is 1.56. The Morgan fingerprint density at radius 1 is 1.24 bits per heavy atom. The van der Waals surface area contributed by atoms with Crippen LogP contribution < -0.4 is 15.0 Å². The van der Waals surface area contributed by atoms with E-state index < -0.39 is 0 Å². The van der Waals surface area contributed by atoms with Crippen molar-refractivity contribution in [3.63, 3.8) is 0 Å². The monoisotopic (exact) mass is 303 g/mol. The lowest BCUT2D eigenvalue weighted by atomic mass is 10.2. The summed E-state index contributed by atoms with van der Waals surface area (Å²) in [4.78, 5) is 6.91. The number of nitrogens with zero attached hydrogens (tertiary/aromatic N) is 2. The fourth-order valence-electron chi connectivity index (χ4n) is 2.41. The standard InChI is InChI=1S/C16H21N3OS/c1-2-16-18-13(12-21-16)11-20-15-5-3-14(4-6-15)19-9-7-17-8-10-19/h3-6,12,17H,2,7-11H2,1H3. The van der Waals surface area contributed by atoms with Crippen LogP contribution in [0.25, 0.3) is 0 Å². The van der Waals surface area contributed by atoms with Gasteiger partial charge >= 0.3 is 0 Å². The number of thiazole rings is 1. The normalized spacial score (nSPS) is 15.2. The van der Waals surface area contributed by atoms with Gasteiger partial charge in [0.2, 0.25) is 0 Å². The van der Waals surface area contributed by atoms with E-state index in [2.05, 4.69) is 39.6 Å². The van der Waals surface area contributed by atoms with Crippen LogP contribution in [0.3, 0.4) is 0 Å². The van der Waals surface area contributed by atoms with Crippen LogP contribution in [0.5, 0.6) is 5.75 Å². The van der Waals surface area contributed by atoms with E-state index in [1.807, 2.05) is 12.1 Å². The van der Waals surface area contributed by atoms with E-state index in [-0.39, 0.29) is 0 Å². The number of hydrogen-bond donors (Lipinski definition) is 1. The SMILES string of the molecule is CCc1nc(COc2ccc(N3CCNCC3)cc2)cs1. The van der Waals surface area contributed by atoms with Crippen LogP contribution in [0.2, 0.25) is 0 Å². The van der Waals surface area contributed by atoms with Crippen molar-refractivity contribution < 1.29 is 4.74 Å². The molecular formula is C16H21N3OS. The van der Waals surface area contributed by atoms with Crippen molar-refractivity contribution in [3.05, 3.63) is 40.3 Å². The molecule has 0 unspecified atom stereocenters. The third kappa shape index (κ3) is 3.74. The number of rotatable bonds is 5. The molecule has 21 heavy (non-hydrogen) atoms. The number of benzene rings is 1. The zero-order valence-electron chi connectivity index (χ0n) is 12.3. The van der Waals surface area contributed by atoms with Gasteiger partial charge in [-0.3, -0.25) is 0 Å². The Morgan fingerprint density at radius 2 is 2.00 bits per heavy atom. The summed E-state index contributed by atoms with van der Waals surface area (Å²) in [5, 5.41) is 6.62. The van der Waals surface area contributed by atoms with Gasteiger partial charge in [-0.1, -0.05) is 6.92 Å². The van der Waals surface area contributed by atoms with Crippen LogP contribution in [0.15, 0.2) is 29.6 Å². The molecule has 1 aliphatic rings. The van der Waals surface area contributed by atoms with Gasteiger partial charge in [-0.25, -0.2) is 4.98 Å². The zero-order chi connectivity index (χ0) is 14.5. The summed E-state index contributed by atoms with van der Waals surface area (Å²) in [6, 6.07) is 8.37. The third-order valence-electron chi connectivity index (χ3n) is 3.61. The van der Waals surface area contributed by atoms with Crippen molar-refractivity contribution in [2.24, 2.45) is 0 Å². The first-order valence-corrected chi connectivity index (χ1v) is 8.35. The van der Waals surface area contributed by atoms with Crippen molar-refractivity contribution in [2.75, 3.05) is 31.1 Å². The molecule has 2 heterocycles. The summed E-state index contributed by atoms with van der Waals surface area (Å²) >= 11 is 1.70. The number of piperazine rings is 1. The summed E-state index contributed by atoms with van der Waals surface area (Å²) in [5.74, 6) is 0.903. The van der Waals surface area contributed by atoms with E-state index in [1.165, 1.54) is 10.7 Å². The highest BCUT2D eigenvalue weighted by Crippen LogP contribution is 2.21. The van der Waals surface area contributed by atoms with Crippen molar-refractivity contribution in [1.29, 1.82) is 0 Å². The van der Waals surface area contributed by atoms with Crippen LogP contribution in [-0.2, 0) is 13.0 Å². The lowest BCUT2D eigenvalue weighted by Gasteiger charge is -2.29. The molecular weight excluding hydrogens is 282 g/mol. The second-order valence-electron chi connectivity index (χ2n) is 5.11. The Kier molecular flexibility index (Phi) is 4.72. The molecule has 0 saturated carbocycles. The second-order valence-corrected chi connectivity index (χ2v) is 6.05. The average molecular weight is 303 g/mol. The number of aryl methyl sites for hydroxylation is 1. The smallest absolute Gasteiger partial charge is 0.131 e. The van der Waals surface area contributed by atoms with Crippen molar-refractivity contribution in [3.8, 4) is 5.75 Å². The summed E-state index contributed by atoms with van der Waals surface area (Å²) in [5.41, 5.74) is 2.29. The van der Waals surface area contributed by atoms with Gasteiger partial charge in [-0.15, -0.1) is 11.3 Å². The summed E-state index contributed by atoms with van der Waals surface area (Å²) in [6.45, 7) is 6.92. The average Bonchev–Trinajstić information content (AvgIpc) is 3.02. The van der Waals surface area contributed by atoms with Crippen LogP contribution in [0.4, 0.5) is 5.69 Å². The molecule has 1 N–H and O–H groups in total. The molecule has 1 aromatic heterocycles. The van der Waals surface area contributed by atoms with Crippen LogP contribution in [0, 0.1) is 0 Å². The maximum absolute atomic E-state index is 5.81. The molecule has 4 nitrogen and oxygen atoms in total. The molecule has 1 aromatic carbocycles. The first kappa shape index (κ1) is 14.4. The quantitative estimate of drug-likeness (QED) is 0.921. The zero-order valence-corrected chi connectivity index (χ0v) is 13.2. The summed E-state index contributed by atoms with van der Waals surface area (Å²) in [6.07, 6.45) is 0.990. The number of anilines is 1. The molecule has 3 rings (SSSR count). The first-order chi connectivity index (χ1) is 10.3. The Hall–Kier alpha value is -1.59. The Labute approximate surface area is 129 Å². The van der Waals surface area contributed by atoms with E-state index in [9.17, 15) is 0 Å². The molecule has 0 amide bonds. The first-order valence-electron chi connectivity index (χ1n) is 7.47. The highest BCUT2D eigenvalue weighted by atomic mass is 32.1. The minimum atomic E-state index is 0.545. The second kappa shape index (κ2) is 6.91. The highest BCUT2D eigenvalue weighted by molar-refractivity contribution is 7.09. The van der Waals surface area contributed by atoms with Gasteiger partial charge < -0.3 is 15.0 Å². The van der Waals surface area contributed by atoms with Crippen molar-refractivity contribution in [2.45, 2.75) is 20.0 Å². The molecule has 1 fully saturated rings. The molecule has 0 atom stereocenters. The molecule has 112 valence electrons. The van der Waals surface area contributed by atoms with Gasteiger partial charge in [0.05, 0.1) is 10.7 Å². The largest absolute Gasteiger partial charge is 0.487 e. The maximum Gasteiger partial charge on any atom is 0.131 e. The molecule has 2 aromatic rings. The maximum atomic E-state index is 5.81. The fourth-order valence-corrected chi connectivity index (χ4v) is 3.14. The third-order valence-corrected chi connectivity index (χ3v) is 4.65. The number of hydrogen-bond acceptors (Lipinski definition) is 5. The number of ether oxygens (including phenoxy) is 1. The predicted octanol–water partition coefficient (Wildman–Crippen LogP) is 2.69.